The van der Waals surface area contributed by atoms with Crippen LogP contribution in [-0.2, 0) is 22.4 Å². The van der Waals surface area contributed by atoms with E-state index in [0.717, 1.165) is 22.8 Å². The van der Waals surface area contributed by atoms with Crippen molar-refractivity contribution in [3.8, 4) is 0 Å². The molecule has 0 aliphatic rings. The third kappa shape index (κ3) is 4.84. The fourth-order valence-corrected chi connectivity index (χ4v) is 4.04. The summed E-state index contributed by atoms with van der Waals surface area (Å²) in [5, 5.41) is 5.47. The molecular formula is C26H31N3O2. The Morgan fingerprint density at radius 3 is 2.19 bits per heavy atom. The minimum absolute atomic E-state index is 0.118. The number of amides is 1. The lowest BCUT2D eigenvalue weighted by atomic mass is 9.96. The van der Waals surface area contributed by atoms with Crippen LogP contribution in [0.15, 0.2) is 72.8 Å². The second-order valence-corrected chi connectivity index (χ2v) is 8.18. The summed E-state index contributed by atoms with van der Waals surface area (Å²) in [4.78, 5) is 29.3. The maximum atomic E-state index is 13.5. The van der Waals surface area contributed by atoms with Gasteiger partial charge in [-0.2, -0.15) is 0 Å². The van der Waals surface area contributed by atoms with Gasteiger partial charge in [-0.25, -0.2) is 0 Å². The zero-order valence-electron chi connectivity index (χ0n) is 18.7. The summed E-state index contributed by atoms with van der Waals surface area (Å²) in [7, 11) is 7.16. The molecule has 0 aromatic heterocycles. The van der Waals surface area contributed by atoms with E-state index in [1.54, 1.807) is 19.0 Å². The molecule has 0 spiro atoms. The predicted octanol–water partition coefficient (Wildman–Crippen LogP) is 3.13. The van der Waals surface area contributed by atoms with Gasteiger partial charge in [0.2, 0.25) is 5.91 Å². The lowest BCUT2D eigenvalue weighted by molar-refractivity contribution is -0.150. The first-order chi connectivity index (χ1) is 14.9. The van der Waals surface area contributed by atoms with Crippen molar-refractivity contribution in [2.45, 2.75) is 24.5 Å². The highest BCUT2D eigenvalue weighted by atomic mass is 16.2. The molecule has 0 heterocycles. The summed E-state index contributed by atoms with van der Waals surface area (Å²) >= 11 is 0. The van der Waals surface area contributed by atoms with Gasteiger partial charge in [0.1, 0.15) is 0 Å². The van der Waals surface area contributed by atoms with Gasteiger partial charge >= 0.3 is 0 Å². The van der Waals surface area contributed by atoms with Crippen molar-refractivity contribution in [2.24, 2.45) is 0 Å². The van der Waals surface area contributed by atoms with Gasteiger partial charge in [-0.05, 0) is 49.5 Å². The molecule has 0 saturated heterocycles. The summed E-state index contributed by atoms with van der Waals surface area (Å²) in [5.41, 5.74) is 1.000. The van der Waals surface area contributed by atoms with Gasteiger partial charge in [0, 0.05) is 13.5 Å². The molecule has 3 rings (SSSR count). The monoisotopic (exact) mass is 417 g/mol. The molecule has 5 heteroatoms. The first kappa shape index (κ1) is 22.7. The standard InChI is InChI=1S/C26H31N3O2/c1-27-24(17-21-14-15-22-12-8-9-13-23(22)16-21)25(31)29(4)26(19-30,28(2)3)18-20-10-6-5-7-11-20/h5-16,19,24,27H,17-18H2,1-4H3/t24-,26-/m1/s1. The van der Waals surface area contributed by atoms with Crippen LogP contribution >= 0.6 is 0 Å². The molecule has 0 saturated carbocycles. The van der Waals surface area contributed by atoms with Crippen molar-refractivity contribution in [1.82, 2.24) is 15.1 Å². The Hall–Kier alpha value is -3.02. The van der Waals surface area contributed by atoms with Crippen LogP contribution in [0.4, 0.5) is 0 Å². The Bertz CT molecular complexity index is 1040. The number of nitrogens with zero attached hydrogens (tertiary/aromatic N) is 2. The van der Waals surface area contributed by atoms with Crippen LogP contribution in [0.5, 0.6) is 0 Å². The lowest BCUT2D eigenvalue weighted by Crippen LogP contribution is -2.64. The lowest BCUT2D eigenvalue weighted by Gasteiger charge is -2.43. The van der Waals surface area contributed by atoms with Crippen molar-refractivity contribution in [2.75, 3.05) is 28.2 Å². The van der Waals surface area contributed by atoms with Gasteiger partial charge < -0.3 is 10.2 Å². The molecule has 0 unspecified atom stereocenters. The molecule has 0 aliphatic heterocycles. The second-order valence-electron chi connectivity index (χ2n) is 8.18. The average molecular weight is 418 g/mol. The SMILES string of the molecule is CN[C@H](Cc1ccc2ccccc2c1)C(=O)N(C)[C@@](C=O)(Cc1ccccc1)N(C)C. The summed E-state index contributed by atoms with van der Waals surface area (Å²) in [6.07, 6.45) is 1.83. The Kier molecular flexibility index (Phi) is 7.21. The number of carbonyl (C=O) groups excluding carboxylic acids is 2. The van der Waals surface area contributed by atoms with E-state index >= 15 is 0 Å². The van der Waals surface area contributed by atoms with Gasteiger partial charge in [-0.1, -0.05) is 72.8 Å². The van der Waals surface area contributed by atoms with E-state index in [9.17, 15) is 9.59 Å². The molecule has 3 aromatic rings. The third-order valence-corrected chi connectivity index (χ3v) is 6.08. The van der Waals surface area contributed by atoms with Crippen LogP contribution in [-0.4, -0.2) is 61.9 Å². The van der Waals surface area contributed by atoms with E-state index in [2.05, 4.69) is 35.6 Å². The number of hydrogen-bond donors (Lipinski definition) is 1. The summed E-state index contributed by atoms with van der Waals surface area (Å²) in [5.74, 6) is -0.118. The fraction of sp³-hybridized carbons (Fsp3) is 0.308. The first-order valence-corrected chi connectivity index (χ1v) is 10.5. The highest BCUT2D eigenvalue weighted by Gasteiger charge is 2.41. The molecular weight excluding hydrogens is 386 g/mol. The molecule has 0 bridgehead atoms. The molecule has 162 valence electrons. The second kappa shape index (κ2) is 9.86. The van der Waals surface area contributed by atoms with E-state index < -0.39 is 11.7 Å². The summed E-state index contributed by atoms with van der Waals surface area (Å²) < 4.78 is 0. The molecule has 0 aliphatic carbocycles. The molecule has 0 fully saturated rings. The van der Waals surface area contributed by atoms with Gasteiger partial charge in [-0.15, -0.1) is 0 Å². The fourth-order valence-electron chi connectivity index (χ4n) is 4.04. The van der Waals surface area contributed by atoms with Gasteiger partial charge in [0.15, 0.2) is 11.9 Å². The minimum Gasteiger partial charge on any atom is -0.319 e. The smallest absolute Gasteiger partial charge is 0.241 e. The number of rotatable bonds is 9. The molecule has 5 nitrogen and oxygen atoms in total. The minimum atomic E-state index is -1.07. The highest BCUT2D eigenvalue weighted by Crippen LogP contribution is 2.23. The normalized spacial score (nSPS) is 14.2. The van der Waals surface area contributed by atoms with Crippen LogP contribution in [0, 0.1) is 0 Å². The number of likely N-dealkylation sites (N-methyl/N-ethyl adjacent to an activating group) is 3. The number of carbonyl (C=O) groups is 2. The third-order valence-electron chi connectivity index (χ3n) is 6.08. The molecule has 1 N–H and O–H groups in total. The van der Waals surface area contributed by atoms with Crippen LogP contribution in [0.3, 0.4) is 0 Å². The van der Waals surface area contributed by atoms with Crippen molar-refractivity contribution < 1.29 is 9.59 Å². The summed E-state index contributed by atoms with van der Waals surface area (Å²) in [6.45, 7) is 0. The summed E-state index contributed by atoms with van der Waals surface area (Å²) in [6, 6.07) is 23.8. The number of nitrogens with one attached hydrogen (secondary N) is 1. The molecule has 2 atom stereocenters. The van der Waals surface area contributed by atoms with Crippen LogP contribution in [0.25, 0.3) is 10.8 Å². The number of hydrogen-bond acceptors (Lipinski definition) is 4. The Morgan fingerprint density at radius 1 is 0.935 bits per heavy atom. The van der Waals surface area contributed by atoms with Crippen LogP contribution in [0.1, 0.15) is 11.1 Å². The van der Waals surface area contributed by atoms with Crippen molar-refractivity contribution >= 4 is 23.0 Å². The topological polar surface area (TPSA) is 52.7 Å². The Morgan fingerprint density at radius 2 is 1.58 bits per heavy atom. The maximum Gasteiger partial charge on any atom is 0.241 e. The van der Waals surface area contributed by atoms with Crippen LogP contribution in [0.2, 0.25) is 0 Å². The maximum absolute atomic E-state index is 13.5. The van der Waals surface area contributed by atoms with Gasteiger partial charge in [0.25, 0.3) is 0 Å². The molecule has 0 radical (unpaired) electrons. The number of aldehydes is 1. The van der Waals surface area contributed by atoms with Crippen molar-refractivity contribution in [1.29, 1.82) is 0 Å². The van der Waals surface area contributed by atoms with Crippen LogP contribution < -0.4 is 5.32 Å². The Labute approximate surface area is 184 Å². The van der Waals surface area contributed by atoms with Crippen molar-refractivity contribution in [3.05, 3.63) is 83.9 Å². The highest BCUT2D eigenvalue weighted by molar-refractivity contribution is 5.87. The predicted molar refractivity (Wildman–Crippen MR) is 126 cm³/mol. The van der Waals surface area contributed by atoms with E-state index in [1.165, 1.54) is 5.39 Å². The van der Waals surface area contributed by atoms with E-state index in [1.807, 2.05) is 61.5 Å². The van der Waals surface area contributed by atoms with Gasteiger partial charge in [0.05, 0.1) is 6.04 Å². The largest absolute Gasteiger partial charge is 0.319 e. The quantitative estimate of drug-likeness (QED) is 0.429. The molecule has 3 aromatic carbocycles. The van der Waals surface area contributed by atoms with Crippen molar-refractivity contribution in [3.63, 3.8) is 0 Å². The Balaban J connectivity index is 1.86. The molecule has 1 amide bonds. The molecule has 31 heavy (non-hydrogen) atoms. The zero-order valence-corrected chi connectivity index (χ0v) is 18.7. The van der Waals surface area contributed by atoms with Gasteiger partial charge in [-0.3, -0.25) is 14.5 Å². The number of benzene rings is 3. The first-order valence-electron chi connectivity index (χ1n) is 10.5. The van der Waals surface area contributed by atoms with E-state index in [0.29, 0.717) is 12.8 Å². The number of fused-ring (bicyclic) bond motifs is 1. The van der Waals surface area contributed by atoms with E-state index in [-0.39, 0.29) is 5.91 Å². The zero-order chi connectivity index (χ0) is 22.4. The van der Waals surface area contributed by atoms with E-state index in [4.69, 9.17) is 0 Å². The average Bonchev–Trinajstić information content (AvgIpc) is 2.80.